The highest BCUT2D eigenvalue weighted by molar-refractivity contribution is 5.60. The summed E-state index contributed by atoms with van der Waals surface area (Å²) in [4.78, 5) is 0. The quantitative estimate of drug-likeness (QED) is 0.129. The van der Waals surface area contributed by atoms with Crippen molar-refractivity contribution in [2.75, 3.05) is 26.4 Å². The van der Waals surface area contributed by atoms with Gasteiger partial charge in [-0.25, -0.2) is 0 Å². The van der Waals surface area contributed by atoms with Crippen molar-refractivity contribution in [3.63, 3.8) is 0 Å². The van der Waals surface area contributed by atoms with Crippen LogP contribution in [0.1, 0.15) is 86.8 Å². The van der Waals surface area contributed by atoms with Gasteiger partial charge in [0, 0.05) is 48.7 Å². The van der Waals surface area contributed by atoms with Gasteiger partial charge in [-0.15, -0.1) is 0 Å². The molecule has 0 fully saturated rings. The van der Waals surface area contributed by atoms with Crippen molar-refractivity contribution < 1.29 is 55.5 Å². The fourth-order valence-corrected chi connectivity index (χ4v) is 4.72. The number of benzene rings is 2. The standard InChI is InChI=1S/C31H42F6O6/c1-5-9-40-17-21-13-23(19-42-11-7-3)27(38)25(15-21)29(30(32,33)34,31(35,36)37)26-16-22(18-41-10-6-2)14-24(28(26)39)20-43-12-8-4/h13-16,38-39H,5-12,17-20H2,1-4H3. The largest absolute Gasteiger partial charge is 0.507 e. The molecule has 2 aromatic carbocycles. The third kappa shape index (κ3) is 8.77. The first kappa shape index (κ1) is 36.7. The molecule has 0 aliphatic heterocycles. The van der Waals surface area contributed by atoms with Gasteiger partial charge in [0.15, 0.2) is 0 Å². The van der Waals surface area contributed by atoms with E-state index in [-0.39, 0.29) is 61.9 Å². The Morgan fingerprint density at radius 3 is 1.09 bits per heavy atom. The summed E-state index contributed by atoms with van der Waals surface area (Å²) in [6.07, 6.45) is -9.95. The Balaban J connectivity index is 3.02. The Hall–Kier alpha value is -2.54. The van der Waals surface area contributed by atoms with E-state index >= 15 is 26.3 Å². The molecule has 6 nitrogen and oxygen atoms in total. The molecule has 0 aliphatic rings. The van der Waals surface area contributed by atoms with E-state index in [4.69, 9.17) is 18.9 Å². The summed E-state index contributed by atoms with van der Waals surface area (Å²) in [5.74, 6) is -2.47. The predicted molar refractivity (Wildman–Crippen MR) is 149 cm³/mol. The summed E-state index contributed by atoms with van der Waals surface area (Å²) in [6.45, 7) is 6.42. The van der Waals surface area contributed by atoms with E-state index in [0.29, 0.717) is 37.8 Å². The average molecular weight is 625 g/mol. The molecule has 0 radical (unpaired) electrons. The number of hydrogen-bond donors (Lipinski definition) is 2. The maximum atomic E-state index is 15.3. The third-order valence-electron chi connectivity index (χ3n) is 6.60. The number of ether oxygens (including phenoxy) is 4. The lowest BCUT2D eigenvalue weighted by molar-refractivity contribution is -0.289. The van der Waals surface area contributed by atoms with E-state index in [9.17, 15) is 10.2 Å². The van der Waals surface area contributed by atoms with Gasteiger partial charge in [-0.1, -0.05) is 27.7 Å². The second-order valence-electron chi connectivity index (χ2n) is 10.3. The molecule has 2 aromatic rings. The minimum absolute atomic E-state index is 0.0253. The molecule has 0 spiro atoms. The maximum Gasteiger partial charge on any atom is 0.411 e. The topological polar surface area (TPSA) is 77.4 Å². The number of phenolic OH excluding ortho intramolecular Hbond substituents is 2. The molecule has 0 unspecified atom stereocenters. The molecule has 0 saturated heterocycles. The fourth-order valence-electron chi connectivity index (χ4n) is 4.72. The molecule has 244 valence electrons. The predicted octanol–water partition coefficient (Wildman–Crippen LogP) is 8.21. The van der Waals surface area contributed by atoms with Crippen LogP contribution in [-0.2, 0) is 50.8 Å². The zero-order chi connectivity index (χ0) is 32.3. The van der Waals surface area contributed by atoms with Crippen molar-refractivity contribution in [1.29, 1.82) is 0 Å². The van der Waals surface area contributed by atoms with Gasteiger partial charge in [-0.05, 0) is 61.1 Å². The van der Waals surface area contributed by atoms with Gasteiger partial charge >= 0.3 is 12.4 Å². The Bertz CT molecular complexity index is 1060. The normalized spacial score (nSPS) is 12.7. The van der Waals surface area contributed by atoms with Crippen LogP contribution in [-0.4, -0.2) is 49.0 Å². The number of hydrogen-bond acceptors (Lipinski definition) is 6. The summed E-state index contributed by atoms with van der Waals surface area (Å²) < 4.78 is 113. The van der Waals surface area contributed by atoms with Crippen molar-refractivity contribution in [2.45, 2.75) is 97.6 Å². The third-order valence-corrected chi connectivity index (χ3v) is 6.60. The molecule has 0 atom stereocenters. The summed E-state index contributed by atoms with van der Waals surface area (Å²) >= 11 is 0. The second kappa shape index (κ2) is 16.5. The molecule has 0 aromatic heterocycles. The van der Waals surface area contributed by atoms with Crippen LogP contribution in [0.5, 0.6) is 11.5 Å². The average Bonchev–Trinajstić information content (AvgIpc) is 2.92. The molecular weight excluding hydrogens is 582 g/mol. The summed E-state index contributed by atoms with van der Waals surface area (Å²) in [5, 5.41) is 22.3. The Labute approximate surface area is 248 Å². The first-order valence-electron chi connectivity index (χ1n) is 14.4. The fraction of sp³-hybridized carbons (Fsp3) is 0.613. The van der Waals surface area contributed by atoms with Crippen LogP contribution in [0.15, 0.2) is 24.3 Å². The van der Waals surface area contributed by atoms with Crippen molar-refractivity contribution in [3.05, 3.63) is 57.6 Å². The highest BCUT2D eigenvalue weighted by atomic mass is 19.4. The smallest absolute Gasteiger partial charge is 0.411 e. The van der Waals surface area contributed by atoms with E-state index in [1.165, 1.54) is 12.1 Å². The van der Waals surface area contributed by atoms with Gasteiger partial charge in [0.05, 0.1) is 26.4 Å². The van der Waals surface area contributed by atoms with E-state index in [2.05, 4.69) is 0 Å². The van der Waals surface area contributed by atoms with Crippen molar-refractivity contribution >= 4 is 0 Å². The highest BCUT2D eigenvalue weighted by Crippen LogP contribution is 2.60. The lowest BCUT2D eigenvalue weighted by atomic mass is 9.70. The van der Waals surface area contributed by atoms with E-state index in [1.807, 2.05) is 0 Å². The molecule has 2 rings (SSSR count). The van der Waals surface area contributed by atoms with Crippen LogP contribution < -0.4 is 0 Å². The summed E-state index contributed by atoms with van der Waals surface area (Å²) in [7, 11) is 0. The van der Waals surface area contributed by atoms with Gasteiger partial charge in [0.25, 0.3) is 0 Å². The van der Waals surface area contributed by atoms with E-state index < -0.39 is 53.6 Å². The molecule has 0 aliphatic carbocycles. The summed E-state index contributed by atoms with van der Waals surface area (Å²) in [6, 6.07) is 3.81. The number of halogens is 6. The van der Waals surface area contributed by atoms with Crippen molar-refractivity contribution in [1.82, 2.24) is 0 Å². The van der Waals surface area contributed by atoms with Crippen molar-refractivity contribution in [2.24, 2.45) is 0 Å². The van der Waals surface area contributed by atoms with Crippen molar-refractivity contribution in [3.8, 4) is 11.5 Å². The lowest BCUT2D eigenvalue weighted by Crippen LogP contribution is -2.55. The highest BCUT2D eigenvalue weighted by Gasteiger charge is 2.74. The van der Waals surface area contributed by atoms with Crippen LogP contribution in [0.4, 0.5) is 26.3 Å². The Morgan fingerprint density at radius 2 is 0.814 bits per heavy atom. The number of phenols is 2. The number of aromatic hydroxyl groups is 2. The van der Waals surface area contributed by atoms with Gasteiger partial charge in [0.2, 0.25) is 5.41 Å². The molecule has 2 N–H and O–H groups in total. The maximum absolute atomic E-state index is 15.3. The number of alkyl halides is 6. The van der Waals surface area contributed by atoms with Crippen LogP contribution in [0.3, 0.4) is 0 Å². The molecular formula is C31H42F6O6. The van der Waals surface area contributed by atoms with Gasteiger partial charge < -0.3 is 29.2 Å². The van der Waals surface area contributed by atoms with Gasteiger partial charge in [-0.3, -0.25) is 0 Å². The second-order valence-corrected chi connectivity index (χ2v) is 10.3. The van der Waals surface area contributed by atoms with Crippen LogP contribution in [0.25, 0.3) is 0 Å². The van der Waals surface area contributed by atoms with E-state index in [1.54, 1.807) is 27.7 Å². The molecule has 0 amide bonds. The SMILES string of the molecule is CCCOCc1cc(COCCC)c(O)c(C(c2cc(COCCC)cc(COCCC)c2O)(C(F)(F)F)C(F)(F)F)c1. The minimum Gasteiger partial charge on any atom is -0.507 e. The van der Waals surface area contributed by atoms with Gasteiger partial charge in [0.1, 0.15) is 11.5 Å². The van der Waals surface area contributed by atoms with Crippen LogP contribution >= 0.6 is 0 Å². The van der Waals surface area contributed by atoms with Crippen LogP contribution in [0, 0.1) is 0 Å². The first-order chi connectivity index (χ1) is 20.3. The van der Waals surface area contributed by atoms with Gasteiger partial charge in [-0.2, -0.15) is 26.3 Å². The van der Waals surface area contributed by atoms with E-state index in [0.717, 1.165) is 0 Å². The first-order valence-corrected chi connectivity index (χ1v) is 14.4. The Morgan fingerprint density at radius 1 is 0.512 bits per heavy atom. The minimum atomic E-state index is -6.07. The molecule has 0 saturated carbocycles. The Kier molecular flexibility index (Phi) is 14.1. The molecule has 0 bridgehead atoms. The lowest BCUT2D eigenvalue weighted by Gasteiger charge is -2.40. The zero-order valence-corrected chi connectivity index (χ0v) is 25.1. The zero-order valence-electron chi connectivity index (χ0n) is 25.1. The number of rotatable bonds is 18. The van der Waals surface area contributed by atoms with Crippen LogP contribution in [0.2, 0.25) is 0 Å². The molecule has 12 heteroatoms. The molecule has 43 heavy (non-hydrogen) atoms. The molecule has 0 heterocycles. The summed E-state index contributed by atoms with van der Waals surface area (Å²) in [5.41, 5.74) is -8.40. The monoisotopic (exact) mass is 624 g/mol.